The Morgan fingerprint density at radius 3 is 2.45 bits per heavy atom. The van der Waals surface area contributed by atoms with Crippen LogP contribution in [0.3, 0.4) is 0 Å². The van der Waals surface area contributed by atoms with Crippen molar-refractivity contribution in [1.82, 2.24) is 0 Å². The van der Waals surface area contributed by atoms with Crippen molar-refractivity contribution >= 4 is 10.4 Å². The molecule has 0 spiro atoms. The van der Waals surface area contributed by atoms with Crippen molar-refractivity contribution in [2.24, 2.45) is 5.73 Å². The molecule has 6 heteroatoms. The second-order valence-electron chi connectivity index (χ2n) is 2.66. The minimum atomic E-state index is -4.32. The highest BCUT2D eigenvalue weighted by Gasteiger charge is 2.28. The number of hydrogen-bond donors (Lipinski definition) is 2. The van der Waals surface area contributed by atoms with Gasteiger partial charge in [0.15, 0.2) is 0 Å². The Hall–Kier alpha value is -0.170. The van der Waals surface area contributed by atoms with E-state index in [1.54, 1.807) is 0 Å². The molecule has 0 amide bonds. The van der Waals surface area contributed by atoms with Crippen molar-refractivity contribution in [2.75, 3.05) is 0 Å². The summed E-state index contributed by atoms with van der Waals surface area (Å²) in [5.74, 6) is 0. The van der Waals surface area contributed by atoms with E-state index in [1.165, 1.54) is 0 Å². The summed E-state index contributed by atoms with van der Waals surface area (Å²) in [6, 6.07) is -0.267. The summed E-state index contributed by atoms with van der Waals surface area (Å²) in [5, 5.41) is 0. The molecular weight excluding hydrogens is 170 g/mol. The molecule has 0 aromatic heterocycles. The number of hydrogen-bond acceptors (Lipinski definition) is 4. The van der Waals surface area contributed by atoms with Gasteiger partial charge in [0.1, 0.15) is 0 Å². The molecule has 0 aromatic carbocycles. The maximum atomic E-state index is 10.2. The molecule has 1 fully saturated rings. The van der Waals surface area contributed by atoms with Gasteiger partial charge in [0, 0.05) is 6.04 Å². The fourth-order valence-corrected chi connectivity index (χ4v) is 1.78. The second kappa shape index (κ2) is 3.06. The largest absolute Gasteiger partial charge is 0.397 e. The maximum absolute atomic E-state index is 10.2. The molecule has 0 saturated heterocycles. The van der Waals surface area contributed by atoms with E-state index in [0.717, 1.165) is 12.8 Å². The molecule has 11 heavy (non-hydrogen) atoms. The average Bonchev–Trinajstić information content (AvgIpc) is 2.12. The Morgan fingerprint density at radius 2 is 2.09 bits per heavy atom. The van der Waals surface area contributed by atoms with E-state index in [1.807, 2.05) is 0 Å². The molecule has 5 nitrogen and oxygen atoms in total. The highest BCUT2D eigenvalue weighted by atomic mass is 32.3. The Labute approximate surface area is 65.5 Å². The van der Waals surface area contributed by atoms with Crippen molar-refractivity contribution in [3.05, 3.63) is 0 Å². The summed E-state index contributed by atoms with van der Waals surface area (Å²) >= 11 is 0. The zero-order chi connectivity index (χ0) is 8.48. The standard InChI is InChI=1S/C5H11NO4S/c6-4-2-1-3-5(4)10-11(7,8)9/h4-5H,1-3,6H2,(H,7,8,9). The van der Waals surface area contributed by atoms with Gasteiger partial charge in [0.2, 0.25) is 0 Å². The Bertz CT molecular complexity index is 225. The molecule has 0 aliphatic heterocycles. The van der Waals surface area contributed by atoms with Crippen LogP contribution < -0.4 is 5.73 Å². The molecule has 0 aromatic rings. The molecule has 0 heterocycles. The fourth-order valence-electron chi connectivity index (χ4n) is 1.23. The normalized spacial score (nSPS) is 32.5. The molecule has 3 N–H and O–H groups in total. The molecule has 1 aliphatic rings. The van der Waals surface area contributed by atoms with E-state index in [9.17, 15) is 8.42 Å². The van der Waals surface area contributed by atoms with Gasteiger partial charge in [-0.05, 0) is 19.3 Å². The SMILES string of the molecule is NC1CCCC1OS(=O)(=O)O. The molecule has 0 radical (unpaired) electrons. The van der Waals surface area contributed by atoms with Crippen molar-refractivity contribution in [3.63, 3.8) is 0 Å². The van der Waals surface area contributed by atoms with Crippen molar-refractivity contribution < 1.29 is 17.2 Å². The first kappa shape index (κ1) is 8.92. The van der Waals surface area contributed by atoms with Gasteiger partial charge < -0.3 is 5.73 Å². The van der Waals surface area contributed by atoms with Gasteiger partial charge >= 0.3 is 10.4 Å². The predicted molar refractivity (Wildman–Crippen MR) is 38.2 cm³/mol. The molecule has 0 bridgehead atoms. The lowest BCUT2D eigenvalue weighted by molar-refractivity contribution is 0.173. The van der Waals surface area contributed by atoms with Gasteiger partial charge in [0.05, 0.1) is 6.10 Å². The highest BCUT2D eigenvalue weighted by Crippen LogP contribution is 2.21. The third kappa shape index (κ3) is 2.74. The van der Waals surface area contributed by atoms with E-state index < -0.39 is 16.5 Å². The molecule has 66 valence electrons. The zero-order valence-corrected chi connectivity index (χ0v) is 6.75. The van der Waals surface area contributed by atoms with Gasteiger partial charge in [-0.2, -0.15) is 8.42 Å². The van der Waals surface area contributed by atoms with E-state index in [4.69, 9.17) is 10.3 Å². The van der Waals surface area contributed by atoms with Gasteiger partial charge in [-0.1, -0.05) is 0 Å². The highest BCUT2D eigenvalue weighted by molar-refractivity contribution is 7.80. The van der Waals surface area contributed by atoms with Crippen molar-refractivity contribution in [2.45, 2.75) is 31.4 Å². The third-order valence-electron chi connectivity index (χ3n) is 1.75. The minimum Gasteiger partial charge on any atom is -0.325 e. The van der Waals surface area contributed by atoms with Crippen LogP contribution in [0.1, 0.15) is 19.3 Å². The summed E-state index contributed by atoms with van der Waals surface area (Å²) in [4.78, 5) is 0. The fraction of sp³-hybridized carbons (Fsp3) is 1.00. The molecule has 2 unspecified atom stereocenters. The molecule has 1 rings (SSSR count). The summed E-state index contributed by atoms with van der Waals surface area (Å²) < 4.78 is 33.0. The molecule has 2 atom stereocenters. The monoisotopic (exact) mass is 181 g/mol. The van der Waals surface area contributed by atoms with Crippen LogP contribution in [-0.4, -0.2) is 25.1 Å². The summed E-state index contributed by atoms with van der Waals surface area (Å²) in [5.41, 5.74) is 5.49. The van der Waals surface area contributed by atoms with Crippen molar-refractivity contribution in [1.29, 1.82) is 0 Å². The lowest BCUT2D eigenvalue weighted by Crippen LogP contribution is -2.32. The molecular formula is C5H11NO4S. The summed E-state index contributed by atoms with van der Waals surface area (Å²) in [6.45, 7) is 0. The average molecular weight is 181 g/mol. The van der Waals surface area contributed by atoms with Gasteiger partial charge in [0.25, 0.3) is 0 Å². The first-order valence-electron chi connectivity index (χ1n) is 3.40. The quantitative estimate of drug-likeness (QED) is 0.570. The van der Waals surface area contributed by atoms with Crippen LogP contribution in [-0.2, 0) is 14.6 Å². The lowest BCUT2D eigenvalue weighted by Gasteiger charge is -2.12. The van der Waals surface area contributed by atoms with Crippen molar-refractivity contribution in [3.8, 4) is 0 Å². The van der Waals surface area contributed by atoms with Crippen LogP contribution in [0.5, 0.6) is 0 Å². The van der Waals surface area contributed by atoms with Gasteiger partial charge in [-0.3, -0.25) is 4.55 Å². The van der Waals surface area contributed by atoms with Crippen LogP contribution in [0.25, 0.3) is 0 Å². The van der Waals surface area contributed by atoms with E-state index in [-0.39, 0.29) is 6.04 Å². The zero-order valence-electron chi connectivity index (χ0n) is 5.93. The van der Waals surface area contributed by atoms with E-state index >= 15 is 0 Å². The van der Waals surface area contributed by atoms with E-state index in [2.05, 4.69) is 4.18 Å². The summed E-state index contributed by atoms with van der Waals surface area (Å²) in [6.07, 6.45) is 1.66. The topological polar surface area (TPSA) is 89.6 Å². The first-order chi connectivity index (χ1) is 4.99. The van der Waals surface area contributed by atoms with Crippen LogP contribution in [0.4, 0.5) is 0 Å². The Balaban J connectivity index is 2.50. The van der Waals surface area contributed by atoms with Gasteiger partial charge in [-0.25, -0.2) is 4.18 Å². The van der Waals surface area contributed by atoms with Gasteiger partial charge in [-0.15, -0.1) is 0 Å². The maximum Gasteiger partial charge on any atom is 0.397 e. The smallest absolute Gasteiger partial charge is 0.325 e. The minimum absolute atomic E-state index is 0.267. The molecule has 1 saturated carbocycles. The summed E-state index contributed by atoms with van der Waals surface area (Å²) in [7, 11) is -4.32. The second-order valence-corrected chi connectivity index (χ2v) is 3.71. The molecule has 1 aliphatic carbocycles. The Morgan fingerprint density at radius 1 is 1.45 bits per heavy atom. The van der Waals surface area contributed by atoms with Crippen LogP contribution in [0.2, 0.25) is 0 Å². The Kier molecular flexibility index (Phi) is 2.48. The first-order valence-corrected chi connectivity index (χ1v) is 4.77. The third-order valence-corrected chi connectivity index (χ3v) is 2.24. The number of nitrogens with two attached hydrogens (primary N) is 1. The lowest BCUT2D eigenvalue weighted by atomic mass is 10.2. The van der Waals surface area contributed by atoms with E-state index in [0.29, 0.717) is 6.42 Å². The number of rotatable bonds is 2. The van der Waals surface area contributed by atoms with Crippen LogP contribution in [0.15, 0.2) is 0 Å². The van der Waals surface area contributed by atoms with Crippen LogP contribution >= 0.6 is 0 Å². The predicted octanol–water partition coefficient (Wildman–Crippen LogP) is -0.314. The van der Waals surface area contributed by atoms with Crippen LogP contribution in [0, 0.1) is 0 Å².